The topological polar surface area (TPSA) is 93.0 Å². The number of rotatable bonds is 4. The molecule has 84 valence electrons. The van der Waals surface area contributed by atoms with E-state index in [0.29, 0.717) is 19.3 Å². The lowest BCUT2D eigenvalue weighted by molar-refractivity contribution is -0.00906. The average molecular weight is 205 g/mol. The van der Waals surface area contributed by atoms with Crippen LogP contribution in [0.2, 0.25) is 0 Å². The molecular weight excluding hydrogens is 186 g/mol. The van der Waals surface area contributed by atoms with Gasteiger partial charge in [-0.15, -0.1) is 0 Å². The quantitative estimate of drug-likeness (QED) is 0.373. The summed E-state index contributed by atoms with van der Waals surface area (Å²) in [6.07, 6.45) is 0.912. The van der Waals surface area contributed by atoms with Gasteiger partial charge in [0, 0.05) is 12.6 Å². The monoisotopic (exact) mass is 205 g/mol. The predicted molar refractivity (Wildman–Crippen MR) is 50.8 cm³/mol. The molecule has 1 saturated heterocycles. The Labute approximate surface area is 83.4 Å². The molecule has 14 heavy (non-hydrogen) atoms. The van der Waals surface area contributed by atoms with Crippen LogP contribution < -0.4 is 5.32 Å². The second kappa shape index (κ2) is 5.04. The number of aliphatic hydroxyl groups is 4. The first-order chi connectivity index (χ1) is 6.65. The summed E-state index contributed by atoms with van der Waals surface area (Å²) in [4.78, 5) is 0. The first kappa shape index (κ1) is 11.9. The molecule has 5 N–H and O–H groups in total. The van der Waals surface area contributed by atoms with Gasteiger partial charge in [-0.2, -0.15) is 0 Å². The fourth-order valence-corrected chi connectivity index (χ4v) is 2.03. The van der Waals surface area contributed by atoms with Crippen LogP contribution in [0.15, 0.2) is 0 Å². The van der Waals surface area contributed by atoms with Crippen molar-refractivity contribution in [1.82, 2.24) is 5.32 Å². The maximum atomic E-state index is 9.56. The van der Waals surface area contributed by atoms with Crippen molar-refractivity contribution in [3.05, 3.63) is 0 Å². The molecule has 1 rings (SSSR count). The fraction of sp³-hybridized carbons (Fsp3) is 1.00. The van der Waals surface area contributed by atoms with Crippen LogP contribution in [-0.4, -0.2) is 57.9 Å². The van der Waals surface area contributed by atoms with Crippen LogP contribution in [0.25, 0.3) is 0 Å². The van der Waals surface area contributed by atoms with Crippen molar-refractivity contribution < 1.29 is 20.4 Å². The second-order valence-corrected chi connectivity index (χ2v) is 4.04. The maximum Gasteiger partial charge on any atom is 0.0674 e. The van der Waals surface area contributed by atoms with Crippen molar-refractivity contribution in [2.75, 3.05) is 19.8 Å². The number of hydrogen-bond donors (Lipinski definition) is 5. The third-order valence-corrected chi connectivity index (χ3v) is 2.78. The molecular formula is C9H19NO4. The van der Waals surface area contributed by atoms with Crippen LogP contribution in [0.1, 0.15) is 19.3 Å². The molecule has 0 aliphatic carbocycles. The Bertz CT molecular complexity index is 172. The average Bonchev–Trinajstić information content (AvgIpc) is 2.17. The normalized spacial score (nSPS) is 31.7. The van der Waals surface area contributed by atoms with Crippen molar-refractivity contribution in [3.8, 4) is 0 Å². The van der Waals surface area contributed by atoms with Crippen LogP contribution in [0.4, 0.5) is 0 Å². The first-order valence-corrected chi connectivity index (χ1v) is 4.94. The molecule has 0 radical (unpaired) electrons. The van der Waals surface area contributed by atoms with Gasteiger partial charge in [0.15, 0.2) is 0 Å². The van der Waals surface area contributed by atoms with Gasteiger partial charge in [-0.3, -0.25) is 0 Å². The van der Waals surface area contributed by atoms with Crippen molar-refractivity contribution in [2.24, 2.45) is 0 Å². The summed E-state index contributed by atoms with van der Waals surface area (Å²) in [7, 11) is 0. The van der Waals surface area contributed by atoms with Crippen molar-refractivity contribution >= 4 is 0 Å². The number of aliphatic hydroxyl groups excluding tert-OH is 4. The van der Waals surface area contributed by atoms with Gasteiger partial charge in [0.05, 0.1) is 24.9 Å². The third kappa shape index (κ3) is 2.65. The molecule has 0 aromatic carbocycles. The number of piperidine rings is 1. The van der Waals surface area contributed by atoms with E-state index >= 15 is 0 Å². The predicted octanol–water partition coefficient (Wildman–Crippen LogP) is -1.79. The van der Waals surface area contributed by atoms with Gasteiger partial charge in [0.1, 0.15) is 0 Å². The van der Waals surface area contributed by atoms with Gasteiger partial charge in [-0.1, -0.05) is 0 Å². The standard InChI is InChI=1S/C9H19NO4/c11-2-1-7-3-8(14)4-9(5-12,6-13)10-7/h7-8,10-14H,1-6H2/t7-,8+/m1/s1. The van der Waals surface area contributed by atoms with E-state index in [1.807, 2.05) is 0 Å². The Morgan fingerprint density at radius 3 is 2.36 bits per heavy atom. The Kier molecular flexibility index (Phi) is 4.28. The zero-order valence-corrected chi connectivity index (χ0v) is 8.19. The molecule has 0 unspecified atom stereocenters. The summed E-state index contributed by atoms with van der Waals surface area (Å²) >= 11 is 0. The minimum atomic E-state index is -0.794. The Hall–Kier alpha value is -0.200. The SMILES string of the molecule is OCC[C@@H]1C[C@H](O)CC(CO)(CO)N1. The van der Waals surface area contributed by atoms with Gasteiger partial charge in [-0.05, 0) is 19.3 Å². The molecule has 2 atom stereocenters. The van der Waals surface area contributed by atoms with E-state index in [2.05, 4.69) is 5.32 Å². The van der Waals surface area contributed by atoms with Crippen LogP contribution >= 0.6 is 0 Å². The zero-order valence-electron chi connectivity index (χ0n) is 8.19. The highest BCUT2D eigenvalue weighted by Crippen LogP contribution is 2.23. The van der Waals surface area contributed by atoms with E-state index in [1.54, 1.807) is 0 Å². The van der Waals surface area contributed by atoms with Crippen LogP contribution in [0.5, 0.6) is 0 Å². The van der Waals surface area contributed by atoms with Gasteiger partial charge < -0.3 is 25.7 Å². The first-order valence-electron chi connectivity index (χ1n) is 4.94. The summed E-state index contributed by atoms with van der Waals surface area (Å²) in [6, 6.07) is -0.0388. The van der Waals surface area contributed by atoms with Crippen LogP contribution in [-0.2, 0) is 0 Å². The highest BCUT2D eigenvalue weighted by molar-refractivity contribution is 4.97. The van der Waals surface area contributed by atoms with E-state index < -0.39 is 11.6 Å². The third-order valence-electron chi connectivity index (χ3n) is 2.78. The summed E-state index contributed by atoms with van der Waals surface area (Å²) in [5.41, 5.74) is -0.794. The molecule has 1 aliphatic heterocycles. The molecule has 1 fully saturated rings. The summed E-state index contributed by atoms with van der Waals surface area (Å²) in [5.74, 6) is 0. The molecule has 1 aliphatic rings. The second-order valence-electron chi connectivity index (χ2n) is 4.04. The number of hydrogen-bond acceptors (Lipinski definition) is 5. The van der Waals surface area contributed by atoms with Gasteiger partial charge in [-0.25, -0.2) is 0 Å². The summed E-state index contributed by atoms with van der Waals surface area (Å²) in [5, 5.41) is 39.7. The molecule has 0 aromatic heterocycles. The largest absolute Gasteiger partial charge is 0.396 e. The highest BCUT2D eigenvalue weighted by Gasteiger charge is 2.38. The fourth-order valence-electron chi connectivity index (χ4n) is 2.03. The number of nitrogens with one attached hydrogen (secondary N) is 1. The Morgan fingerprint density at radius 2 is 1.86 bits per heavy atom. The van der Waals surface area contributed by atoms with Crippen molar-refractivity contribution in [2.45, 2.75) is 36.9 Å². The van der Waals surface area contributed by atoms with E-state index in [4.69, 9.17) is 15.3 Å². The summed E-state index contributed by atoms with van der Waals surface area (Å²) in [6.45, 7) is -0.373. The smallest absolute Gasteiger partial charge is 0.0674 e. The van der Waals surface area contributed by atoms with E-state index in [1.165, 1.54) is 0 Å². The van der Waals surface area contributed by atoms with Crippen LogP contribution in [0, 0.1) is 0 Å². The summed E-state index contributed by atoms with van der Waals surface area (Å²) < 4.78 is 0. The molecule has 0 amide bonds. The molecule has 0 aromatic rings. The molecule has 5 heteroatoms. The van der Waals surface area contributed by atoms with Crippen LogP contribution in [0.3, 0.4) is 0 Å². The van der Waals surface area contributed by atoms with Gasteiger partial charge in [0.25, 0.3) is 0 Å². The highest BCUT2D eigenvalue weighted by atomic mass is 16.3. The Balaban J connectivity index is 2.60. The van der Waals surface area contributed by atoms with Crippen molar-refractivity contribution in [1.29, 1.82) is 0 Å². The molecule has 0 spiro atoms. The van der Waals surface area contributed by atoms with Crippen molar-refractivity contribution in [3.63, 3.8) is 0 Å². The van der Waals surface area contributed by atoms with E-state index in [0.717, 1.165) is 0 Å². The molecule has 0 saturated carbocycles. The molecule has 1 heterocycles. The zero-order chi connectivity index (χ0) is 10.6. The van der Waals surface area contributed by atoms with E-state index in [9.17, 15) is 5.11 Å². The maximum absolute atomic E-state index is 9.56. The lowest BCUT2D eigenvalue weighted by atomic mass is 9.84. The minimum Gasteiger partial charge on any atom is -0.396 e. The Morgan fingerprint density at radius 1 is 1.21 bits per heavy atom. The molecule has 5 nitrogen and oxygen atoms in total. The molecule has 0 bridgehead atoms. The minimum absolute atomic E-state index is 0.0388. The van der Waals surface area contributed by atoms with Gasteiger partial charge in [0.2, 0.25) is 0 Å². The van der Waals surface area contributed by atoms with E-state index in [-0.39, 0.29) is 25.9 Å². The lowest BCUT2D eigenvalue weighted by Crippen LogP contribution is -2.61. The lowest BCUT2D eigenvalue weighted by Gasteiger charge is -2.42. The van der Waals surface area contributed by atoms with Gasteiger partial charge >= 0.3 is 0 Å².